The molecule has 0 bridgehead atoms. The van der Waals surface area contributed by atoms with Crippen LogP contribution in [0, 0.1) is 26.2 Å². The van der Waals surface area contributed by atoms with Gasteiger partial charge < -0.3 is 10.5 Å². The van der Waals surface area contributed by atoms with Gasteiger partial charge in [-0.2, -0.15) is 5.10 Å². The zero-order valence-corrected chi connectivity index (χ0v) is 13.0. The van der Waals surface area contributed by atoms with E-state index in [1.165, 1.54) is 0 Å². The van der Waals surface area contributed by atoms with E-state index < -0.39 is 0 Å². The summed E-state index contributed by atoms with van der Waals surface area (Å²) in [4.78, 5) is 0. The van der Waals surface area contributed by atoms with Gasteiger partial charge in [0.05, 0.1) is 11.4 Å². The van der Waals surface area contributed by atoms with Crippen LogP contribution in [0.3, 0.4) is 0 Å². The molecule has 1 aromatic heterocycles. The predicted molar refractivity (Wildman–Crippen MR) is 83.9 cm³/mol. The van der Waals surface area contributed by atoms with E-state index >= 15 is 0 Å². The summed E-state index contributed by atoms with van der Waals surface area (Å²) in [6.45, 7) is 9.29. The van der Waals surface area contributed by atoms with Crippen LogP contribution in [0.2, 0.25) is 0 Å². The second-order valence-corrected chi connectivity index (χ2v) is 5.23. The summed E-state index contributed by atoms with van der Waals surface area (Å²) >= 11 is 0. The molecule has 0 atom stereocenters. The Labute approximate surface area is 125 Å². The Kier molecular flexibility index (Phi) is 4.31. The molecule has 1 aromatic carbocycles. The monoisotopic (exact) mass is 286 g/mol. The molecule has 21 heavy (non-hydrogen) atoms. The first-order chi connectivity index (χ1) is 9.92. The van der Waals surface area contributed by atoms with Crippen molar-refractivity contribution in [3.8, 4) is 5.75 Å². The lowest BCUT2D eigenvalue weighted by Gasteiger charge is -2.14. The van der Waals surface area contributed by atoms with E-state index in [1.54, 1.807) is 0 Å². The van der Waals surface area contributed by atoms with Crippen molar-refractivity contribution in [3.05, 3.63) is 46.3 Å². The fourth-order valence-electron chi connectivity index (χ4n) is 2.47. The normalized spacial score (nSPS) is 10.7. The maximum Gasteiger partial charge on any atom is 0.130 e. The summed E-state index contributed by atoms with van der Waals surface area (Å²) in [5.41, 5.74) is 10.3. The maximum absolute atomic E-state index is 7.52. The van der Waals surface area contributed by atoms with Gasteiger partial charge in [-0.3, -0.25) is 10.1 Å². The van der Waals surface area contributed by atoms with Gasteiger partial charge in [-0.25, -0.2) is 0 Å². The molecule has 1 heterocycles. The van der Waals surface area contributed by atoms with Gasteiger partial charge in [-0.15, -0.1) is 0 Å². The van der Waals surface area contributed by atoms with Gasteiger partial charge >= 0.3 is 0 Å². The van der Waals surface area contributed by atoms with E-state index in [4.69, 9.17) is 15.9 Å². The van der Waals surface area contributed by atoms with Crippen molar-refractivity contribution in [2.45, 2.75) is 40.8 Å². The van der Waals surface area contributed by atoms with E-state index in [1.807, 2.05) is 43.7 Å². The van der Waals surface area contributed by atoms with Crippen LogP contribution >= 0.6 is 0 Å². The van der Waals surface area contributed by atoms with Gasteiger partial charge in [0.1, 0.15) is 18.2 Å². The van der Waals surface area contributed by atoms with Crippen molar-refractivity contribution in [1.82, 2.24) is 9.78 Å². The smallest absolute Gasteiger partial charge is 0.130 e. The zero-order valence-electron chi connectivity index (χ0n) is 13.0. The summed E-state index contributed by atoms with van der Waals surface area (Å²) in [6.07, 6.45) is 0. The number of ether oxygens (including phenoxy) is 1. The van der Waals surface area contributed by atoms with Crippen molar-refractivity contribution in [1.29, 1.82) is 5.41 Å². The second-order valence-electron chi connectivity index (χ2n) is 5.23. The molecule has 0 fully saturated rings. The molecule has 3 N–H and O–H groups in total. The highest BCUT2D eigenvalue weighted by molar-refractivity contribution is 5.95. The number of nitrogens with zero attached hydrogens (tertiary/aromatic N) is 2. The first-order valence-electron chi connectivity index (χ1n) is 7.04. The highest BCUT2D eigenvalue weighted by Gasteiger charge is 2.10. The van der Waals surface area contributed by atoms with Crippen molar-refractivity contribution in [3.63, 3.8) is 0 Å². The van der Waals surface area contributed by atoms with Crippen LogP contribution < -0.4 is 10.5 Å². The summed E-state index contributed by atoms with van der Waals surface area (Å²) < 4.78 is 7.92. The molecule has 0 radical (unpaired) electrons. The average Bonchev–Trinajstić information content (AvgIpc) is 2.77. The van der Waals surface area contributed by atoms with Crippen molar-refractivity contribution in [2.75, 3.05) is 0 Å². The van der Waals surface area contributed by atoms with E-state index in [9.17, 15) is 0 Å². The van der Waals surface area contributed by atoms with Crippen LogP contribution in [-0.2, 0) is 13.2 Å². The second kappa shape index (κ2) is 5.99. The van der Waals surface area contributed by atoms with E-state index in [0.717, 1.165) is 40.4 Å². The molecule has 5 nitrogen and oxygen atoms in total. The molecule has 0 aliphatic heterocycles. The summed E-state index contributed by atoms with van der Waals surface area (Å²) in [7, 11) is 0. The number of amidine groups is 1. The highest BCUT2D eigenvalue weighted by Crippen LogP contribution is 2.25. The van der Waals surface area contributed by atoms with Gasteiger partial charge in [0.15, 0.2) is 0 Å². The number of hydrogen-bond acceptors (Lipinski definition) is 3. The molecule has 0 spiro atoms. The Hall–Kier alpha value is -2.30. The molecule has 0 saturated heterocycles. The Morgan fingerprint density at radius 2 is 1.86 bits per heavy atom. The standard InChI is InChI=1S/C16H22N4O/c1-5-20-14(8-12(4)19-20)9-21-15-10(2)6-13(16(17)18)7-11(15)3/h6-8H,5,9H2,1-4H3,(H3,17,18). The third kappa shape index (κ3) is 3.24. The fraction of sp³-hybridized carbons (Fsp3) is 0.375. The Bertz CT molecular complexity index is 650. The predicted octanol–water partition coefficient (Wildman–Crippen LogP) is 2.69. The fourth-order valence-corrected chi connectivity index (χ4v) is 2.47. The quantitative estimate of drug-likeness (QED) is 0.655. The van der Waals surface area contributed by atoms with Crippen LogP contribution in [0.15, 0.2) is 18.2 Å². The van der Waals surface area contributed by atoms with Gasteiger partial charge in [-0.1, -0.05) is 0 Å². The summed E-state index contributed by atoms with van der Waals surface area (Å²) in [5.74, 6) is 0.925. The minimum atomic E-state index is 0.0763. The van der Waals surface area contributed by atoms with Crippen LogP contribution in [0.25, 0.3) is 0 Å². The Balaban J connectivity index is 2.22. The van der Waals surface area contributed by atoms with Crippen molar-refractivity contribution in [2.24, 2.45) is 5.73 Å². The molecular formula is C16H22N4O. The van der Waals surface area contributed by atoms with Crippen molar-refractivity contribution < 1.29 is 4.74 Å². The highest BCUT2D eigenvalue weighted by atomic mass is 16.5. The number of benzene rings is 1. The third-order valence-corrected chi connectivity index (χ3v) is 3.42. The first-order valence-corrected chi connectivity index (χ1v) is 7.04. The number of rotatable bonds is 5. The summed E-state index contributed by atoms with van der Waals surface area (Å²) in [5, 5.41) is 11.9. The SMILES string of the molecule is CCn1nc(C)cc1COc1c(C)cc(C(=N)N)cc1C. The Morgan fingerprint density at radius 3 is 2.38 bits per heavy atom. The third-order valence-electron chi connectivity index (χ3n) is 3.42. The molecular weight excluding hydrogens is 264 g/mol. The van der Waals surface area contributed by atoms with Crippen LogP contribution in [0.1, 0.15) is 35.0 Å². The minimum absolute atomic E-state index is 0.0763. The number of aryl methyl sites for hydroxylation is 4. The summed E-state index contributed by atoms with van der Waals surface area (Å²) in [6, 6.07) is 5.80. The zero-order chi connectivity index (χ0) is 15.6. The van der Waals surface area contributed by atoms with Gasteiger partial charge in [0, 0.05) is 12.1 Å². The molecule has 0 amide bonds. The largest absolute Gasteiger partial charge is 0.487 e. The lowest BCUT2D eigenvalue weighted by atomic mass is 10.1. The van der Waals surface area contributed by atoms with Gasteiger partial charge in [0.2, 0.25) is 0 Å². The van der Waals surface area contributed by atoms with E-state index in [2.05, 4.69) is 12.0 Å². The number of hydrogen-bond donors (Lipinski definition) is 2. The van der Waals surface area contributed by atoms with E-state index in [0.29, 0.717) is 6.61 Å². The molecule has 0 aliphatic carbocycles. The minimum Gasteiger partial charge on any atom is -0.487 e. The molecule has 2 rings (SSSR count). The lowest BCUT2D eigenvalue weighted by Crippen LogP contribution is -2.12. The number of nitrogens with one attached hydrogen (secondary N) is 1. The molecule has 0 unspecified atom stereocenters. The average molecular weight is 286 g/mol. The Morgan fingerprint density at radius 1 is 1.24 bits per heavy atom. The molecule has 112 valence electrons. The number of nitrogen functional groups attached to an aromatic ring is 1. The lowest BCUT2D eigenvalue weighted by molar-refractivity contribution is 0.288. The maximum atomic E-state index is 7.52. The molecule has 5 heteroatoms. The van der Waals surface area contributed by atoms with Crippen LogP contribution in [0.5, 0.6) is 5.75 Å². The van der Waals surface area contributed by atoms with E-state index in [-0.39, 0.29) is 5.84 Å². The molecule has 0 saturated carbocycles. The number of nitrogens with two attached hydrogens (primary N) is 1. The van der Waals surface area contributed by atoms with Crippen LogP contribution in [0.4, 0.5) is 0 Å². The first kappa shape index (κ1) is 15.1. The molecule has 2 aromatic rings. The topological polar surface area (TPSA) is 76.9 Å². The van der Waals surface area contributed by atoms with Gasteiger partial charge in [0.25, 0.3) is 0 Å². The van der Waals surface area contributed by atoms with Crippen molar-refractivity contribution >= 4 is 5.84 Å². The number of aromatic nitrogens is 2. The van der Waals surface area contributed by atoms with Gasteiger partial charge in [-0.05, 0) is 57.0 Å². The van der Waals surface area contributed by atoms with Crippen LogP contribution in [-0.4, -0.2) is 15.6 Å². The molecule has 0 aliphatic rings.